The van der Waals surface area contributed by atoms with Crippen molar-refractivity contribution in [1.82, 2.24) is 10.2 Å². The lowest BCUT2D eigenvalue weighted by Gasteiger charge is -2.20. The van der Waals surface area contributed by atoms with Gasteiger partial charge in [-0.15, -0.1) is 0 Å². The number of anilines is 1. The molecule has 0 spiro atoms. The fourth-order valence-electron chi connectivity index (χ4n) is 3.60. The highest BCUT2D eigenvalue weighted by Crippen LogP contribution is 2.29. The van der Waals surface area contributed by atoms with E-state index in [-0.39, 0.29) is 11.5 Å². The van der Waals surface area contributed by atoms with Gasteiger partial charge in [0.2, 0.25) is 0 Å². The third kappa shape index (κ3) is 7.16. The number of amides is 2. The summed E-state index contributed by atoms with van der Waals surface area (Å²) in [4.78, 5) is 27.5. The van der Waals surface area contributed by atoms with Crippen molar-refractivity contribution in [1.29, 1.82) is 0 Å². The first-order chi connectivity index (χ1) is 16.7. The van der Waals surface area contributed by atoms with Gasteiger partial charge in [0.15, 0.2) is 0 Å². The van der Waals surface area contributed by atoms with Gasteiger partial charge < -0.3 is 10.6 Å². The molecular weight excluding hydrogens is 455 g/mol. The van der Waals surface area contributed by atoms with E-state index in [1.54, 1.807) is 18.2 Å². The summed E-state index contributed by atoms with van der Waals surface area (Å²) in [5.74, 6) is -0.866. The topological polar surface area (TPSA) is 61.4 Å². The second kappa shape index (κ2) is 11.7. The van der Waals surface area contributed by atoms with E-state index in [0.29, 0.717) is 17.8 Å². The van der Waals surface area contributed by atoms with Crippen LogP contribution in [-0.4, -0.2) is 29.8 Å². The van der Waals surface area contributed by atoms with Gasteiger partial charge in [-0.25, -0.2) is 0 Å². The molecule has 35 heavy (non-hydrogen) atoms. The molecule has 2 N–H and O–H groups in total. The maximum absolute atomic E-state index is 12.8. The number of nitrogens with one attached hydrogen (secondary N) is 2. The van der Waals surface area contributed by atoms with Gasteiger partial charge in [-0.1, -0.05) is 44.2 Å². The first-order valence-corrected chi connectivity index (χ1v) is 11.4. The van der Waals surface area contributed by atoms with Crippen LogP contribution in [0.15, 0.2) is 72.8 Å². The molecule has 2 amide bonds. The van der Waals surface area contributed by atoms with Crippen LogP contribution in [0.1, 0.15) is 51.3 Å². The molecule has 0 radical (unpaired) electrons. The minimum absolute atomic E-state index is 0.0812. The van der Waals surface area contributed by atoms with Crippen LogP contribution in [0, 0.1) is 0 Å². The highest BCUT2D eigenvalue weighted by molar-refractivity contribution is 6.05. The first-order valence-electron chi connectivity index (χ1n) is 11.4. The number of halogens is 3. The molecule has 0 aliphatic heterocycles. The average Bonchev–Trinajstić information content (AvgIpc) is 2.86. The van der Waals surface area contributed by atoms with Gasteiger partial charge >= 0.3 is 6.18 Å². The Bertz CT molecular complexity index is 1160. The van der Waals surface area contributed by atoms with Crippen LogP contribution in [0.3, 0.4) is 0 Å². The van der Waals surface area contributed by atoms with E-state index < -0.39 is 17.6 Å². The molecule has 0 heterocycles. The Kier molecular flexibility index (Phi) is 8.65. The summed E-state index contributed by atoms with van der Waals surface area (Å²) in [6, 6.07) is 18.3. The standard InChI is InChI=1S/C27H28F3N3O2/c1-3-33(4-2)18-22-9-6-5-8-21(22)17-31-25(34)20-10-7-11-24(16-20)32-26(35)19-12-14-23(15-13-19)27(28,29)30/h5-16H,3-4,17-18H2,1-2H3,(H,31,34)(H,32,35). The van der Waals surface area contributed by atoms with Gasteiger partial charge in [-0.3, -0.25) is 14.5 Å². The number of carbonyl (C=O) groups is 2. The molecule has 0 saturated carbocycles. The van der Waals surface area contributed by atoms with Crippen molar-refractivity contribution in [3.8, 4) is 0 Å². The summed E-state index contributed by atoms with van der Waals surface area (Å²) >= 11 is 0. The number of alkyl halides is 3. The Morgan fingerprint density at radius 3 is 2.09 bits per heavy atom. The van der Waals surface area contributed by atoms with E-state index in [2.05, 4.69) is 35.4 Å². The van der Waals surface area contributed by atoms with Gasteiger partial charge in [-0.2, -0.15) is 13.2 Å². The zero-order valence-electron chi connectivity index (χ0n) is 19.7. The van der Waals surface area contributed by atoms with Crippen LogP contribution in [0.5, 0.6) is 0 Å². The zero-order chi connectivity index (χ0) is 25.4. The number of carbonyl (C=O) groups excluding carboxylic acids is 2. The van der Waals surface area contributed by atoms with Crippen LogP contribution in [-0.2, 0) is 19.3 Å². The second-order valence-electron chi connectivity index (χ2n) is 8.02. The lowest BCUT2D eigenvalue weighted by atomic mass is 10.1. The van der Waals surface area contributed by atoms with Crippen molar-refractivity contribution < 1.29 is 22.8 Å². The van der Waals surface area contributed by atoms with Crippen molar-refractivity contribution in [2.75, 3.05) is 18.4 Å². The number of nitrogens with zero attached hydrogens (tertiary/aromatic N) is 1. The van der Waals surface area contributed by atoms with Crippen LogP contribution >= 0.6 is 0 Å². The quantitative estimate of drug-likeness (QED) is 0.409. The molecule has 0 saturated heterocycles. The first kappa shape index (κ1) is 26.0. The average molecular weight is 484 g/mol. The molecule has 0 aromatic heterocycles. The molecule has 0 aliphatic carbocycles. The molecule has 0 unspecified atom stereocenters. The van der Waals surface area contributed by atoms with Gasteiger partial charge in [0, 0.05) is 29.9 Å². The monoisotopic (exact) mass is 483 g/mol. The number of hydrogen-bond acceptors (Lipinski definition) is 3. The molecule has 3 aromatic carbocycles. The summed E-state index contributed by atoms with van der Waals surface area (Å²) < 4.78 is 38.2. The maximum atomic E-state index is 12.8. The van der Waals surface area contributed by atoms with Crippen LogP contribution in [0.2, 0.25) is 0 Å². The second-order valence-corrected chi connectivity index (χ2v) is 8.02. The Labute approximate surface area is 203 Å². The van der Waals surface area contributed by atoms with Gasteiger partial charge in [-0.05, 0) is 66.7 Å². The predicted molar refractivity (Wildman–Crippen MR) is 130 cm³/mol. The largest absolute Gasteiger partial charge is 0.416 e. The highest BCUT2D eigenvalue weighted by Gasteiger charge is 2.30. The molecule has 0 bridgehead atoms. The van der Waals surface area contributed by atoms with E-state index in [9.17, 15) is 22.8 Å². The van der Waals surface area contributed by atoms with Gasteiger partial charge in [0.1, 0.15) is 0 Å². The summed E-state index contributed by atoms with van der Waals surface area (Å²) in [6.07, 6.45) is -4.47. The molecule has 0 aliphatic rings. The molecule has 0 atom stereocenters. The molecule has 8 heteroatoms. The summed E-state index contributed by atoms with van der Waals surface area (Å²) in [5, 5.41) is 5.54. The number of hydrogen-bond donors (Lipinski definition) is 2. The third-order valence-electron chi connectivity index (χ3n) is 5.70. The molecule has 0 fully saturated rings. The van der Waals surface area contributed by atoms with E-state index >= 15 is 0 Å². The third-order valence-corrected chi connectivity index (χ3v) is 5.70. The molecular formula is C27H28F3N3O2. The zero-order valence-corrected chi connectivity index (χ0v) is 19.7. The Hall–Kier alpha value is -3.65. The van der Waals surface area contributed by atoms with E-state index in [4.69, 9.17) is 0 Å². The molecule has 5 nitrogen and oxygen atoms in total. The lowest BCUT2D eigenvalue weighted by Crippen LogP contribution is -2.26. The summed E-state index contributed by atoms with van der Waals surface area (Å²) in [7, 11) is 0. The molecule has 3 rings (SSSR count). The fraction of sp³-hybridized carbons (Fsp3) is 0.259. The SMILES string of the molecule is CCN(CC)Cc1ccccc1CNC(=O)c1cccc(NC(=O)c2ccc(C(F)(F)F)cc2)c1. The van der Waals surface area contributed by atoms with Crippen LogP contribution in [0.25, 0.3) is 0 Å². The van der Waals surface area contributed by atoms with Crippen LogP contribution in [0.4, 0.5) is 18.9 Å². The lowest BCUT2D eigenvalue weighted by molar-refractivity contribution is -0.137. The van der Waals surface area contributed by atoms with Gasteiger partial charge in [0.05, 0.1) is 5.56 Å². The minimum Gasteiger partial charge on any atom is -0.348 e. The van der Waals surface area contributed by atoms with Crippen molar-refractivity contribution >= 4 is 17.5 Å². The van der Waals surface area contributed by atoms with Crippen molar-refractivity contribution in [3.05, 3.63) is 101 Å². The van der Waals surface area contributed by atoms with Crippen molar-refractivity contribution in [2.45, 2.75) is 33.1 Å². The number of benzene rings is 3. The Morgan fingerprint density at radius 2 is 1.46 bits per heavy atom. The summed E-state index contributed by atoms with van der Waals surface area (Å²) in [5.41, 5.74) is 2.15. The van der Waals surface area contributed by atoms with Gasteiger partial charge in [0.25, 0.3) is 11.8 Å². The maximum Gasteiger partial charge on any atom is 0.416 e. The van der Waals surface area contributed by atoms with Crippen molar-refractivity contribution in [3.63, 3.8) is 0 Å². The van der Waals surface area contributed by atoms with Crippen molar-refractivity contribution in [2.24, 2.45) is 0 Å². The van der Waals surface area contributed by atoms with E-state index in [1.165, 1.54) is 6.07 Å². The Balaban J connectivity index is 1.64. The summed E-state index contributed by atoms with van der Waals surface area (Å²) in [6.45, 7) is 7.24. The normalized spacial score (nSPS) is 11.4. The highest BCUT2D eigenvalue weighted by atomic mass is 19.4. The van der Waals surface area contributed by atoms with Crippen LogP contribution < -0.4 is 10.6 Å². The minimum atomic E-state index is -4.47. The number of rotatable bonds is 9. The molecule has 3 aromatic rings. The molecule has 184 valence electrons. The fourth-order valence-corrected chi connectivity index (χ4v) is 3.60. The smallest absolute Gasteiger partial charge is 0.348 e. The Morgan fingerprint density at radius 1 is 0.800 bits per heavy atom. The van der Waals surface area contributed by atoms with E-state index in [0.717, 1.165) is 55.0 Å². The predicted octanol–water partition coefficient (Wildman–Crippen LogP) is 5.73. The van der Waals surface area contributed by atoms with E-state index in [1.807, 2.05) is 18.2 Å².